The smallest absolute Gasteiger partial charge is 0.129 e. The van der Waals surface area contributed by atoms with Crippen molar-refractivity contribution >= 4 is 11.5 Å². The Hall–Kier alpha value is -2.07. The molecule has 3 rings (SSSR count). The van der Waals surface area contributed by atoms with Gasteiger partial charge in [0.15, 0.2) is 0 Å². The van der Waals surface area contributed by atoms with E-state index in [1.54, 1.807) is 0 Å². The molecule has 4 nitrogen and oxygen atoms in total. The second kappa shape index (κ2) is 5.92. The molecule has 0 unspecified atom stereocenters. The summed E-state index contributed by atoms with van der Waals surface area (Å²) >= 11 is 0. The highest BCUT2D eigenvalue weighted by molar-refractivity contribution is 5.49. The van der Waals surface area contributed by atoms with E-state index in [9.17, 15) is 0 Å². The SMILES string of the molecule is OCc1cccc(N2CCN(c3ccccc3)CC2)n1. The lowest BCUT2D eigenvalue weighted by Gasteiger charge is -2.36. The molecule has 0 saturated carbocycles. The van der Waals surface area contributed by atoms with Crippen molar-refractivity contribution < 1.29 is 5.11 Å². The number of rotatable bonds is 3. The summed E-state index contributed by atoms with van der Waals surface area (Å²) in [6.45, 7) is 3.90. The van der Waals surface area contributed by atoms with Crippen molar-refractivity contribution in [2.75, 3.05) is 36.0 Å². The number of pyridine rings is 1. The van der Waals surface area contributed by atoms with Crippen LogP contribution in [0.2, 0.25) is 0 Å². The molecule has 0 bridgehead atoms. The van der Waals surface area contributed by atoms with Gasteiger partial charge >= 0.3 is 0 Å². The van der Waals surface area contributed by atoms with Crippen molar-refractivity contribution in [2.24, 2.45) is 0 Å². The van der Waals surface area contributed by atoms with E-state index in [0.717, 1.165) is 37.7 Å². The molecule has 1 fully saturated rings. The standard InChI is InChI=1S/C16H19N3O/c20-13-14-5-4-8-16(17-14)19-11-9-18(10-12-19)15-6-2-1-3-7-15/h1-8,20H,9-13H2. The predicted octanol–water partition coefficient (Wildman–Crippen LogP) is 1.90. The molecular formula is C16H19N3O. The molecular weight excluding hydrogens is 250 g/mol. The maximum atomic E-state index is 9.16. The lowest BCUT2D eigenvalue weighted by molar-refractivity contribution is 0.277. The average molecular weight is 269 g/mol. The maximum Gasteiger partial charge on any atom is 0.129 e. The number of hydrogen-bond donors (Lipinski definition) is 1. The molecule has 1 aromatic heterocycles. The number of aliphatic hydroxyl groups is 1. The van der Waals surface area contributed by atoms with Gasteiger partial charge in [0.1, 0.15) is 5.82 Å². The number of nitrogens with zero attached hydrogens (tertiary/aromatic N) is 3. The number of hydrogen-bond acceptors (Lipinski definition) is 4. The molecule has 104 valence electrons. The summed E-state index contributed by atoms with van der Waals surface area (Å²) in [4.78, 5) is 9.14. The number of aromatic nitrogens is 1. The second-order valence-electron chi connectivity index (χ2n) is 4.95. The highest BCUT2D eigenvalue weighted by Crippen LogP contribution is 2.19. The summed E-state index contributed by atoms with van der Waals surface area (Å²) in [6.07, 6.45) is 0. The molecule has 2 aromatic rings. The van der Waals surface area contributed by atoms with Gasteiger partial charge in [-0.25, -0.2) is 4.98 Å². The number of para-hydroxylation sites is 1. The molecule has 1 aliphatic heterocycles. The van der Waals surface area contributed by atoms with Crippen LogP contribution in [-0.2, 0) is 6.61 Å². The summed E-state index contributed by atoms with van der Waals surface area (Å²) in [5.41, 5.74) is 2.01. The van der Waals surface area contributed by atoms with Crippen LogP contribution >= 0.6 is 0 Å². The Balaban J connectivity index is 1.66. The van der Waals surface area contributed by atoms with E-state index in [1.165, 1.54) is 5.69 Å². The predicted molar refractivity (Wildman–Crippen MR) is 81.0 cm³/mol. The molecule has 2 heterocycles. The first-order valence-electron chi connectivity index (χ1n) is 6.98. The Labute approximate surface area is 119 Å². The quantitative estimate of drug-likeness (QED) is 0.924. The molecule has 20 heavy (non-hydrogen) atoms. The van der Waals surface area contributed by atoms with Crippen LogP contribution in [0.25, 0.3) is 0 Å². The molecule has 4 heteroatoms. The zero-order valence-electron chi connectivity index (χ0n) is 11.4. The highest BCUT2D eigenvalue weighted by Gasteiger charge is 2.18. The first-order chi connectivity index (χ1) is 9.86. The normalized spacial score (nSPS) is 15.4. The van der Waals surface area contributed by atoms with Crippen LogP contribution in [0.3, 0.4) is 0 Å². The van der Waals surface area contributed by atoms with Crippen molar-refractivity contribution in [2.45, 2.75) is 6.61 Å². The third-order valence-electron chi connectivity index (χ3n) is 3.68. The monoisotopic (exact) mass is 269 g/mol. The zero-order valence-corrected chi connectivity index (χ0v) is 11.4. The van der Waals surface area contributed by atoms with Gasteiger partial charge < -0.3 is 14.9 Å². The highest BCUT2D eigenvalue weighted by atomic mass is 16.3. The Bertz CT molecular complexity index is 551. The Kier molecular flexibility index (Phi) is 3.83. The molecule has 1 aromatic carbocycles. The van der Waals surface area contributed by atoms with E-state index in [4.69, 9.17) is 5.11 Å². The maximum absolute atomic E-state index is 9.16. The molecule has 0 spiro atoms. The third kappa shape index (κ3) is 2.75. The minimum Gasteiger partial charge on any atom is -0.390 e. The van der Waals surface area contributed by atoms with Gasteiger partial charge in [0, 0.05) is 31.9 Å². The van der Waals surface area contributed by atoms with E-state index in [2.05, 4.69) is 39.0 Å². The van der Waals surface area contributed by atoms with E-state index in [-0.39, 0.29) is 6.61 Å². The summed E-state index contributed by atoms with van der Waals surface area (Å²) in [7, 11) is 0. The number of anilines is 2. The molecule has 0 radical (unpaired) electrons. The van der Waals surface area contributed by atoms with Crippen molar-refractivity contribution in [3.8, 4) is 0 Å². The minimum absolute atomic E-state index is 0.00216. The van der Waals surface area contributed by atoms with Crippen LogP contribution in [0.4, 0.5) is 11.5 Å². The first kappa shape index (κ1) is 12.9. The van der Waals surface area contributed by atoms with Gasteiger partial charge in [-0.3, -0.25) is 0 Å². The Morgan fingerprint density at radius 2 is 1.55 bits per heavy atom. The van der Waals surface area contributed by atoms with Crippen molar-refractivity contribution in [1.29, 1.82) is 0 Å². The molecule has 0 aliphatic carbocycles. The Morgan fingerprint density at radius 3 is 2.25 bits per heavy atom. The van der Waals surface area contributed by atoms with Crippen LogP contribution in [0, 0.1) is 0 Å². The van der Waals surface area contributed by atoms with Gasteiger partial charge in [-0.1, -0.05) is 24.3 Å². The van der Waals surface area contributed by atoms with Gasteiger partial charge in [-0.05, 0) is 24.3 Å². The van der Waals surface area contributed by atoms with Crippen LogP contribution < -0.4 is 9.80 Å². The topological polar surface area (TPSA) is 39.6 Å². The summed E-state index contributed by atoms with van der Waals surface area (Å²) < 4.78 is 0. The number of piperazine rings is 1. The van der Waals surface area contributed by atoms with Gasteiger partial charge in [0.05, 0.1) is 12.3 Å². The number of benzene rings is 1. The van der Waals surface area contributed by atoms with E-state index in [0.29, 0.717) is 0 Å². The van der Waals surface area contributed by atoms with Gasteiger partial charge in [-0.2, -0.15) is 0 Å². The van der Waals surface area contributed by atoms with Crippen LogP contribution in [-0.4, -0.2) is 36.3 Å². The van der Waals surface area contributed by atoms with E-state index in [1.807, 2.05) is 24.3 Å². The first-order valence-corrected chi connectivity index (χ1v) is 6.98. The summed E-state index contributed by atoms with van der Waals surface area (Å²) in [5.74, 6) is 0.962. The Morgan fingerprint density at radius 1 is 0.850 bits per heavy atom. The van der Waals surface area contributed by atoms with Crippen molar-refractivity contribution in [1.82, 2.24) is 4.98 Å². The van der Waals surface area contributed by atoms with Gasteiger partial charge in [0.25, 0.3) is 0 Å². The lowest BCUT2D eigenvalue weighted by Crippen LogP contribution is -2.46. The van der Waals surface area contributed by atoms with E-state index >= 15 is 0 Å². The van der Waals surface area contributed by atoms with E-state index < -0.39 is 0 Å². The second-order valence-corrected chi connectivity index (χ2v) is 4.95. The molecule has 0 atom stereocenters. The summed E-state index contributed by atoms with van der Waals surface area (Å²) in [6, 6.07) is 16.3. The average Bonchev–Trinajstić information content (AvgIpc) is 2.56. The zero-order chi connectivity index (χ0) is 13.8. The largest absolute Gasteiger partial charge is 0.390 e. The molecule has 1 saturated heterocycles. The van der Waals surface area contributed by atoms with Crippen LogP contribution in [0.1, 0.15) is 5.69 Å². The fourth-order valence-corrected chi connectivity index (χ4v) is 2.56. The fraction of sp³-hybridized carbons (Fsp3) is 0.312. The lowest BCUT2D eigenvalue weighted by atomic mass is 10.2. The fourth-order valence-electron chi connectivity index (χ4n) is 2.56. The number of aliphatic hydroxyl groups excluding tert-OH is 1. The summed E-state index contributed by atoms with van der Waals surface area (Å²) in [5, 5.41) is 9.16. The van der Waals surface area contributed by atoms with Crippen molar-refractivity contribution in [3.05, 3.63) is 54.2 Å². The molecule has 0 amide bonds. The molecule has 1 N–H and O–H groups in total. The third-order valence-corrected chi connectivity index (χ3v) is 3.68. The van der Waals surface area contributed by atoms with Gasteiger partial charge in [0.2, 0.25) is 0 Å². The van der Waals surface area contributed by atoms with Crippen LogP contribution in [0.5, 0.6) is 0 Å². The van der Waals surface area contributed by atoms with Gasteiger partial charge in [-0.15, -0.1) is 0 Å². The minimum atomic E-state index is -0.00216. The van der Waals surface area contributed by atoms with Crippen LogP contribution in [0.15, 0.2) is 48.5 Å². The molecule has 1 aliphatic rings. The van der Waals surface area contributed by atoms with Crippen molar-refractivity contribution in [3.63, 3.8) is 0 Å².